The number of anilines is 2. The number of nitrogens with one attached hydrogen (secondary N) is 3. The number of hydrogen-bond acceptors (Lipinski definition) is 9. The summed E-state index contributed by atoms with van der Waals surface area (Å²) in [5.74, 6) is 0.641. The van der Waals surface area contributed by atoms with Crippen molar-refractivity contribution < 1.29 is 13.2 Å². The highest BCUT2D eigenvalue weighted by Crippen LogP contribution is 2.48. The van der Waals surface area contributed by atoms with Crippen molar-refractivity contribution in [1.82, 2.24) is 39.8 Å². The molecule has 1 amide bonds. The van der Waals surface area contributed by atoms with Gasteiger partial charge in [0, 0.05) is 53.7 Å². The third-order valence-corrected chi connectivity index (χ3v) is 9.73. The Morgan fingerprint density at radius 3 is 2.56 bits per heavy atom. The molecule has 3 N–H and O–H groups in total. The lowest BCUT2D eigenvalue weighted by Gasteiger charge is -2.20. The van der Waals surface area contributed by atoms with Gasteiger partial charge in [0.2, 0.25) is 16.0 Å². The van der Waals surface area contributed by atoms with Crippen LogP contribution in [0, 0.1) is 5.92 Å². The Balaban J connectivity index is 1.39. The predicted molar refractivity (Wildman–Crippen MR) is 168 cm³/mol. The number of fused-ring (bicyclic) bond motifs is 3. The minimum absolute atomic E-state index is 0.125. The van der Waals surface area contributed by atoms with Gasteiger partial charge in [-0.15, -0.1) is 10.2 Å². The van der Waals surface area contributed by atoms with Crippen LogP contribution in [0.5, 0.6) is 0 Å². The first kappa shape index (κ1) is 29.0. The first-order valence-electron chi connectivity index (χ1n) is 15.0. The Morgan fingerprint density at radius 2 is 1.84 bits per heavy atom. The van der Waals surface area contributed by atoms with Crippen LogP contribution < -0.4 is 15.4 Å². The van der Waals surface area contributed by atoms with Crippen molar-refractivity contribution in [3.05, 3.63) is 96.1 Å². The van der Waals surface area contributed by atoms with Crippen LogP contribution in [0.25, 0.3) is 10.8 Å². The SMILES string of the molecule is CC(C)CNS(=O)(=O)c1cc2c(c3cnc(C4CC4)cc13)C(n1cnnc1Nc1cccnc1)CC2NC(=O)c1cccnc1. The standard InChI is InChI=1S/C32H33N9O3S/c1-19(2)14-37-45(43,44)29-12-24-27(39-31(42)21-5-3-9-33-15-21)13-28(30(24)25-17-35-26(11-23(25)29)20-7-8-20)41-18-36-40-32(41)38-22-6-4-10-34-16-22/h3-6,9-12,15-20,27-28,37H,7-8,13-14H2,1-2H3,(H,38,40)(H,39,42). The van der Waals surface area contributed by atoms with E-state index in [-0.39, 0.29) is 22.8 Å². The molecule has 0 aliphatic heterocycles. The molecule has 1 aromatic carbocycles. The summed E-state index contributed by atoms with van der Waals surface area (Å²) in [5, 5.41) is 16.3. The van der Waals surface area contributed by atoms with Crippen LogP contribution in [0.4, 0.5) is 11.6 Å². The van der Waals surface area contributed by atoms with E-state index in [1.54, 1.807) is 49.3 Å². The molecular formula is C32H33N9O3S. The van der Waals surface area contributed by atoms with Crippen molar-refractivity contribution in [2.24, 2.45) is 5.92 Å². The summed E-state index contributed by atoms with van der Waals surface area (Å²) in [6, 6.07) is 9.90. The van der Waals surface area contributed by atoms with Gasteiger partial charge >= 0.3 is 0 Å². The molecule has 1 saturated carbocycles. The molecule has 5 aromatic rings. The first-order chi connectivity index (χ1) is 21.8. The fourth-order valence-corrected chi connectivity index (χ4v) is 7.35. The van der Waals surface area contributed by atoms with Crippen molar-refractivity contribution in [3.63, 3.8) is 0 Å². The van der Waals surface area contributed by atoms with Gasteiger partial charge in [-0.1, -0.05) is 13.8 Å². The number of nitrogens with zero attached hydrogens (tertiary/aromatic N) is 6. The van der Waals surface area contributed by atoms with Crippen LogP contribution >= 0.6 is 0 Å². The number of sulfonamides is 1. The maximum Gasteiger partial charge on any atom is 0.253 e. The minimum atomic E-state index is -3.90. The molecule has 0 spiro atoms. The average molecular weight is 624 g/mol. The van der Waals surface area contributed by atoms with Crippen LogP contribution in [0.3, 0.4) is 0 Å². The topological polar surface area (TPSA) is 157 Å². The number of carbonyl (C=O) groups is 1. The molecule has 1 fully saturated rings. The molecular weight excluding hydrogens is 590 g/mol. The fraction of sp³-hybridized carbons (Fsp3) is 0.312. The highest BCUT2D eigenvalue weighted by atomic mass is 32.2. The summed E-state index contributed by atoms with van der Waals surface area (Å²) in [6.45, 7) is 4.22. The number of amides is 1. The lowest BCUT2D eigenvalue weighted by atomic mass is 9.98. The average Bonchev–Trinajstić information content (AvgIpc) is 3.71. The van der Waals surface area contributed by atoms with E-state index in [4.69, 9.17) is 4.98 Å². The van der Waals surface area contributed by atoms with E-state index in [0.29, 0.717) is 46.7 Å². The molecule has 12 nitrogen and oxygen atoms in total. The number of rotatable bonds is 10. The smallest absolute Gasteiger partial charge is 0.253 e. The Hall–Kier alpha value is -4.75. The molecule has 2 aliphatic carbocycles. The predicted octanol–water partition coefficient (Wildman–Crippen LogP) is 4.64. The zero-order chi connectivity index (χ0) is 31.1. The van der Waals surface area contributed by atoms with Crippen LogP contribution in [0.2, 0.25) is 0 Å². The summed E-state index contributed by atoms with van der Waals surface area (Å²) in [6.07, 6.45) is 12.4. The summed E-state index contributed by atoms with van der Waals surface area (Å²) in [7, 11) is -3.90. The van der Waals surface area contributed by atoms with Gasteiger partial charge in [0.05, 0.1) is 34.4 Å². The monoisotopic (exact) mass is 623 g/mol. The lowest BCUT2D eigenvalue weighted by Crippen LogP contribution is -2.29. The molecule has 4 aromatic heterocycles. The normalized spacial score (nSPS) is 17.8. The zero-order valence-electron chi connectivity index (χ0n) is 24.9. The molecule has 230 valence electrons. The van der Waals surface area contributed by atoms with Crippen LogP contribution in [0.1, 0.15) is 78.3 Å². The van der Waals surface area contributed by atoms with E-state index in [1.807, 2.05) is 36.6 Å². The Morgan fingerprint density at radius 1 is 1.04 bits per heavy atom. The highest BCUT2D eigenvalue weighted by molar-refractivity contribution is 7.89. The van der Waals surface area contributed by atoms with E-state index in [0.717, 1.165) is 29.8 Å². The van der Waals surface area contributed by atoms with Crippen LogP contribution in [-0.4, -0.2) is 50.6 Å². The molecule has 0 bridgehead atoms. The third kappa shape index (κ3) is 5.76. The number of aromatic nitrogens is 6. The van der Waals surface area contributed by atoms with Crippen molar-refractivity contribution >= 4 is 38.3 Å². The Bertz CT molecular complexity index is 1980. The highest BCUT2D eigenvalue weighted by Gasteiger charge is 2.39. The van der Waals surface area contributed by atoms with E-state index in [2.05, 4.69) is 35.5 Å². The second-order valence-electron chi connectivity index (χ2n) is 12.0. The zero-order valence-corrected chi connectivity index (χ0v) is 25.7. The molecule has 2 unspecified atom stereocenters. The maximum atomic E-state index is 13.9. The van der Waals surface area contributed by atoms with Crippen LogP contribution in [-0.2, 0) is 10.0 Å². The fourth-order valence-electron chi connectivity index (χ4n) is 5.90. The number of pyridine rings is 3. The van der Waals surface area contributed by atoms with Crippen LogP contribution in [0.15, 0.2) is 78.6 Å². The van der Waals surface area contributed by atoms with Gasteiger partial charge in [0.1, 0.15) is 6.33 Å². The van der Waals surface area contributed by atoms with Gasteiger partial charge in [0.25, 0.3) is 5.91 Å². The molecule has 7 rings (SSSR count). The quantitative estimate of drug-likeness (QED) is 0.202. The summed E-state index contributed by atoms with van der Waals surface area (Å²) in [4.78, 5) is 26.7. The number of carbonyl (C=O) groups excluding carboxylic acids is 1. The Labute approximate surface area is 260 Å². The van der Waals surface area contributed by atoms with Crippen molar-refractivity contribution in [2.45, 2.75) is 56.0 Å². The molecule has 0 saturated heterocycles. The minimum Gasteiger partial charge on any atom is -0.345 e. The van der Waals surface area contributed by atoms with Gasteiger partial charge in [0.15, 0.2) is 0 Å². The van der Waals surface area contributed by atoms with Gasteiger partial charge in [-0.25, -0.2) is 13.1 Å². The second-order valence-corrected chi connectivity index (χ2v) is 13.7. The molecule has 4 heterocycles. The third-order valence-electron chi connectivity index (χ3n) is 8.27. The lowest BCUT2D eigenvalue weighted by molar-refractivity contribution is 0.0935. The molecule has 2 atom stereocenters. The van der Waals surface area contributed by atoms with Crippen molar-refractivity contribution in [2.75, 3.05) is 11.9 Å². The molecule has 0 radical (unpaired) electrons. The van der Waals surface area contributed by atoms with Crippen molar-refractivity contribution in [3.8, 4) is 0 Å². The van der Waals surface area contributed by atoms with E-state index < -0.39 is 16.1 Å². The van der Waals surface area contributed by atoms with E-state index >= 15 is 0 Å². The molecule has 13 heteroatoms. The first-order valence-corrected chi connectivity index (χ1v) is 16.5. The summed E-state index contributed by atoms with van der Waals surface area (Å²) in [5.41, 5.74) is 3.62. The van der Waals surface area contributed by atoms with Crippen molar-refractivity contribution in [1.29, 1.82) is 0 Å². The van der Waals surface area contributed by atoms with Gasteiger partial charge in [-0.2, -0.15) is 0 Å². The summed E-state index contributed by atoms with van der Waals surface area (Å²) >= 11 is 0. The number of benzene rings is 1. The molecule has 45 heavy (non-hydrogen) atoms. The maximum absolute atomic E-state index is 13.9. The largest absolute Gasteiger partial charge is 0.345 e. The second kappa shape index (κ2) is 11.6. The summed E-state index contributed by atoms with van der Waals surface area (Å²) < 4.78 is 32.5. The van der Waals surface area contributed by atoms with Gasteiger partial charge in [-0.05, 0) is 72.7 Å². The van der Waals surface area contributed by atoms with Gasteiger partial charge in [-0.3, -0.25) is 24.3 Å². The van der Waals surface area contributed by atoms with E-state index in [1.165, 1.54) is 6.20 Å². The molecule has 2 aliphatic rings. The van der Waals surface area contributed by atoms with Gasteiger partial charge < -0.3 is 10.6 Å². The number of hydrogen-bond donors (Lipinski definition) is 3. The Kier molecular flexibility index (Phi) is 7.50. The van der Waals surface area contributed by atoms with E-state index in [9.17, 15) is 13.2 Å².